The fraction of sp³-hybridized carbons (Fsp3) is 0.316. The lowest BCUT2D eigenvalue weighted by molar-refractivity contribution is -0.142. The van der Waals surface area contributed by atoms with Gasteiger partial charge in [-0.15, -0.1) is 0 Å². The normalized spacial score (nSPS) is 15.7. The molecule has 0 aliphatic carbocycles. The van der Waals surface area contributed by atoms with Gasteiger partial charge in [0, 0.05) is 18.8 Å². The van der Waals surface area contributed by atoms with Gasteiger partial charge in [-0.1, -0.05) is 12.1 Å². The van der Waals surface area contributed by atoms with Gasteiger partial charge >= 0.3 is 12.1 Å². The summed E-state index contributed by atoms with van der Waals surface area (Å²) in [6, 6.07) is 12.4. The first-order valence-electron chi connectivity index (χ1n) is 8.35. The molecular weight excluding hydrogens is 345 g/mol. The second-order valence-electron chi connectivity index (χ2n) is 6.32. The molecule has 1 aliphatic rings. The smallest absolute Gasteiger partial charge is 0.416 e. The third-order valence-corrected chi connectivity index (χ3v) is 4.58. The minimum atomic E-state index is -4.36. The van der Waals surface area contributed by atoms with Crippen LogP contribution in [0.15, 0.2) is 48.5 Å². The highest BCUT2D eigenvalue weighted by Gasteiger charge is 2.30. The Morgan fingerprint density at radius 1 is 1.04 bits per heavy atom. The van der Waals surface area contributed by atoms with Crippen LogP contribution in [0.25, 0.3) is 0 Å². The first-order chi connectivity index (χ1) is 12.3. The van der Waals surface area contributed by atoms with E-state index in [0.717, 1.165) is 23.5 Å². The summed E-state index contributed by atoms with van der Waals surface area (Å²) < 4.78 is 38.0. The van der Waals surface area contributed by atoms with Crippen LogP contribution in [0.3, 0.4) is 0 Å². The van der Waals surface area contributed by atoms with Crippen LogP contribution in [0.4, 0.5) is 30.2 Å². The molecule has 1 saturated heterocycles. The quantitative estimate of drug-likeness (QED) is 0.822. The van der Waals surface area contributed by atoms with Gasteiger partial charge in [0.2, 0.25) is 0 Å². The number of nitrogens with zero attached hydrogens (tertiary/aromatic N) is 1. The Balaban J connectivity index is 1.75. The molecule has 1 heterocycles. The number of halogens is 3. The van der Waals surface area contributed by atoms with Crippen LogP contribution in [0.5, 0.6) is 0 Å². The fourth-order valence-electron chi connectivity index (χ4n) is 3.12. The molecule has 138 valence electrons. The van der Waals surface area contributed by atoms with E-state index in [1.807, 2.05) is 24.3 Å². The van der Waals surface area contributed by atoms with E-state index in [9.17, 15) is 18.0 Å². The molecule has 0 bridgehead atoms. The molecule has 3 rings (SSSR count). The van der Waals surface area contributed by atoms with E-state index in [0.29, 0.717) is 31.6 Å². The number of alkyl halides is 3. The molecule has 0 atom stereocenters. The highest BCUT2D eigenvalue weighted by molar-refractivity contribution is 5.76. The Kier molecular flexibility index (Phi) is 5.06. The lowest BCUT2D eigenvalue weighted by atomic mass is 9.96. The van der Waals surface area contributed by atoms with Crippen LogP contribution in [-0.4, -0.2) is 24.2 Å². The predicted octanol–water partition coefficient (Wildman–Crippen LogP) is 4.75. The van der Waals surface area contributed by atoms with Gasteiger partial charge in [0.25, 0.3) is 0 Å². The highest BCUT2D eigenvalue weighted by atomic mass is 19.4. The molecule has 1 aliphatic heterocycles. The SMILES string of the molecule is O=C(O)C1CCN(c2ccccc2Nc2ccc(C(F)(F)F)cc2)CC1. The summed E-state index contributed by atoms with van der Waals surface area (Å²) >= 11 is 0. The van der Waals surface area contributed by atoms with Crippen LogP contribution in [-0.2, 0) is 11.0 Å². The standard InChI is InChI=1S/C19H19F3N2O2/c20-19(21,22)14-5-7-15(8-6-14)23-16-3-1-2-4-17(16)24-11-9-13(10-12-24)18(25)26/h1-8,13,23H,9-12H2,(H,25,26). The monoisotopic (exact) mass is 364 g/mol. The molecule has 2 aromatic rings. The molecule has 0 saturated carbocycles. The zero-order valence-corrected chi connectivity index (χ0v) is 14.0. The van der Waals surface area contributed by atoms with Gasteiger partial charge in [0.05, 0.1) is 22.9 Å². The van der Waals surface area contributed by atoms with Crippen molar-refractivity contribution >= 4 is 23.0 Å². The Labute approximate surface area is 149 Å². The van der Waals surface area contributed by atoms with Crippen LogP contribution >= 0.6 is 0 Å². The summed E-state index contributed by atoms with van der Waals surface area (Å²) in [6.07, 6.45) is -3.21. The number of para-hydroxylation sites is 2. The van der Waals surface area contributed by atoms with Gasteiger partial charge in [-0.2, -0.15) is 13.2 Å². The van der Waals surface area contributed by atoms with Gasteiger partial charge in [-0.05, 0) is 49.2 Å². The summed E-state index contributed by atoms with van der Waals surface area (Å²) in [4.78, 5) is 13.2. The topological polar surface area (TPSA) is 52.6 Å². The molecule has 26 heavy (non-hydrogen) atoms. The number of benzene rings is 2. The number of aliphatic carboxylic acids is 1. The second-order valence-corrected chi connectivity index (χ2v) is 6.32. The van der Waals surface area contributed by atoms with Crippen molar-refractivity contribution in [2.45, 2.75) is 19.0 Å². The maximum atomic E-state index is 12.7. The van der Waals surface area contributed by atoms with Crippen LogP contribution in [0.1, 0.15) is 18.4 Å². The van der Waals surface area contributed by atoms with E-state index in [1.165, 1.54) is 12.1 Å². The van der Waals surface area contributed by atoms with Crippen molar-refractivity contribution in [2.24, 2.45) is 5.92 Å². The van der Waals surface area contributed by atoms with Gasteiger partial charge < -0.3 is 15.3 Å². The number of hydrogen-bond donors (Lipinski definition) is 2. The summed E-state index contributed by atoms with van der Waals surface area (Å²) in [5.41, 5.74) is 1.57. The molecule has 0 amide bonds. The molecule has 1 fully saturated rings. The van der Waals surface area contributed by atoms with E-state index >= 15 is 0 Å². The minimum Gasteiger partial charge on any atom is -0.481 e. The number of hydrogen-bond acceptors (Lipinski definition) is 3. The Bertz CT molecular complexity index is 767. The van der Waals surface area contributed by atoms with Crippen molar-refractivity contribution in [3.63, 3.8) is 0 Å². The molecule has 0 radical (unpaired) electrons. The molecule has 0 spiro atoms. The Hall–Kier alpha value is -2.70. The minimum absolute atomic E-state index is 0.318. The highest BCUT2D eigenvalue weighted by Crippen LogP contribution is 2.33. The summed E-state index contributed by atoms with van der Waals surface area (Å²) in [5, 5.41) is 12.3. The third kappa shape index (κ3) is 4.09. The zero-order chi connectivity index (χ0) is 18.7. The van der Waals surface area contributed by atoms with Crippen molar-refractivity contribution in [1.29, 1.82) is 0 Å². The van der Waals surface area contributed by atoms with Crippen molar-refractivity contribution in [3.05, 3.63) is 54.1 Å². The van der Waals surface area contributed by atoms with E-state index in [1.54, 1.807) is 0 Å². The number of piperidine rings is 1. The molecule has 2 N–H and O–H groups in total. The number of carbonyl (C=O) groups is 1. The van der Waals surface area contributed by atoms with E-state index in [2.05, 4.69) is 10.2 Å². The Morgan fingerprint density at radius 2 is 1.65 bits per heavy atom. The largest absolute Gasteiger partial charge is 0.481 e. The summed E-state index contributed by atoms with van der Waals surface area (Å²) in [5.74, 6) is -1.08. The van der Waals surface area contributed by atoms with Crippen LogP contribution in [0.2, 0.25) is 0 Å². The van der Waals surface area contributed by atoms with Gasteiger partial charge in [0.1, 0.15) is 0 Å². The molecule has 0 aromatic heterocycles. The lowest BCUT2D eigenvalue weighted by Crippen LogP contribution is -2.36. The van der Waals surface area contributed by atoms with Crippen molar-refractivity contribution < 1.29 is 23.1 Å². The number of carboxylic acid groups (broad SMARTS) is 1. The molecule has 0 unspecified atom stereocenters. The summed E-state index contributed by atoms with van der Waals surface area (Å²) in [6.45, 7) is 1.26. The molecular formula is C19H19F3N2O2. The van der Waals surface area contributed by atoms with E-state index in [4.69, 9.17) is 5.11 Å². The maximum absolute atomic E-state index is 12.7. The molecule has 7 heteroatoms. The number of nitrogens with one attached hydrogen (secondary N) is 1. The van der Waals surface area contributed by atoms with Gasteiger partial charge in [-0.25, -0.2) is 0 Å². The van der Waals surface area contributed by atoms with Crippen molar-refractivity contribution in [2.75, 3.05) is 23.3 Å². The van der Waals surface area contributed by atoms with Gasteiger partial charge in [-0.3, -0.25) is 4.79 Å². The Morgan fingerprint density at radius 3 is 2.23 bits per heavy atom. The van der Waals surface area contributed by atoms with Crippen LogP contribution < -0.4 is 10.2 Å². The summed E-state index contributed by atoms with van der Waals surface area (Å²) in [7, 11) is 0. The predicted molar refractivity (Wildman–Crippen MR) is 93.7 cm³/mol. The second kappa shape index (κ2) is 7.27. The third-order valence-electron chi connectivity index (χ3n) is 4.58. The average Bonchev–Trinajstić information content (AvgIpc) is 2.62. The molecule has 2 aromatic carbocycles. The van der Waals surface area contributed by atoms with Gasteiger partial charge in [0.15, 0.2) is 0 Å². The van der Waals surface area contributed by atoms with E-state index in [-0.39, 0.29) is 5.92 Å². The zero-order valence-electron chi connectivity index (χ0n) is 14.0. The maximum Gasteiger partial charge on any atom is 0.416 e. The van der Waals surface area contributed by atoms with Crippen molar-refractivity contribution in [3.8, 4) is 0 Å². The number of carboxylic acids is 1. The van der Waals surface area contributed by atoms with E-state index < -0.39 is 17.7 Å². The first kappa shape index (κ1) is 18.1. The molecule has 4 nitrogen and oxygen atoms in total. The lowest BCUT2D eigenvalue weighted by Gasteiger charge is -2.33. The van der Waals surface area contributed by atoms with Crippen LogP contribution in [0, 0.1) is 5.92 Å². The average molecular weight is 364 g/mol. The first-order valence-corrected chi connectivity index (χ1v) is 8.35. The van der Waals surface area contributed by atoms with Crippen molar-refractivity contribution in [1.82, 2.24) is 0 Å². The fourth-order valence-corrected chi connectivity index (χ4v) is 3.12. The number of rotatable bonds is 4. The number of anilines is 3.